The summed E-state index contributed by atoms with van der Waals surface area (Å²) in [4.78, 5) is 9.05. The molecule has 2 aromatic heterocycles. The Kier molecular flexibility index (Phi) is 2.97. The number of fused-ring (bicyclic) bond motifs is 1. The highest BCUT2D eigenvalue weighted by Crippen LogP contribution is 2.36. The number of rotatable bonds is 3. The smallest absolute Gasteiger partial charge is 0.0526 e. The van der Waals surface area contributed by atoms with E-state index < -0.39 is 0 Å². The lowest BCUT2D eigenvalue weighted by Gasteiger charge is -2.11. The van der Waals surface area contributed by atoms with Crippen molar-refractivity contribution in [1.82, 2.24) is 9.97 Å². The minimum absolute atomic E-state index is 0.361. The number of anilines is 1. The van der Waals surface area contributed by atoms with Crippen molar-refractivity contribution in [1.29, 1.82) is 0 Å². The minimum Gasteiger partial charge on any atom is -0.385 e. The Labute approximate surface area is 107 Å². The van der Waals surface area contributed by atoms with Crippen molar-refractivity contribution in [3.8, 4) is 0 Å². The molecule has 3 heteroatoms. The first kappa shape index (κ1) is 11.2. The van der Waals surface area contributed by atoms with Gasteiger partial charge >= 0.3 is 0 Å². The van der Waals surface area contributed by atoms with E-state index in [-0.39, 0.29) is 0 Å². The van der Waals surface area contributed by atoms with Crippen molar-refractivity contribution in [2.24, 2.45) is 0 Å². The number of nitrogens with zero attached hydrogens (tertiary/aromatic N) is 2. The Bertz CT molecular complexity index is 551. The Morgan fingerprint density at radius 1 is 1.28 bits per heavy atom. The van der Waals surface area contributed by atoms with Crippen LogP contribution < -0.4 is 5.32 Å². The molecule has 92 valence electrons. The van der Waals surface area contributed by atoms with Crippen molar-refractivity contribution in [3.05, 3.63) is 53.6 Å². The maximum absolute atomic E-state index is 4.53. The lowest BCUT2D eigenvalue weighted by molar-refractivity contribution is 0.746. The second-order valence-electron chi connectivity index (χ2n) is 4.64. The molecule has 3 nitrogen and oxygen atoms in total. The van der Waals surface area contributed by atoms with E-state index in [1.807, 2.05) is 24.5 Å². The SMILES string of the molecule is CCNc1ccnc(C2CCc3cccnc32)c1. The van der Waals surface area contributed by atoms with Gasteiger partial charge in [0.1, 0.15) is 0 Å². The molecule has 0 spiro atoms. The van der Waals surface area contributed by atoms with Crippen LogP contribution in [0.4, 0.5) is 5.69 Å². The molecule has 0 aromatic carbocycles. The second kappa shape index (κ2) is 4.77. The highest BCUT2D eigenvalue weighted by molar-refractivity contribution is 5.46. The maximum atomic E-state index is 4.53. The minimum atomic E-state index is 0.361. The summed E-state index contributed by atoms with van der Waals surface area (Å²) in [5.41, 5.74) is 4.86. The fraction of sp³-hybridized carbons (Fsp3) is 0.333. The molecule has 0 amide bonds. The normalized spacial score (nSPS) is 17.5. The molecule has 0 bridgehead atoms. The van der Waals surface area contributed by atoms with E-state index in [1.165, 1.54) is 11.3 Å². The van der Waals surface area contributed by atoms with Crippen LogP contribution in [0.1, 0.15) is 36.2 Å². The number of aromatic nitrogens is 2. The van der Waals surface area contributed by atoms with Crippen LogP contribution >= 0.6 is 0 Å². The molecular formula is C15H17N3. The van der Waals surface area contributed by atoms with Crippen LogP contribution in [0, 0.1) is 0 Å². The van der Waals surface area contributed by atoms with Gasteiger partial charge in [0.05, 0.1) is 11.4 Å². The van der Waals surface area contributed by atoms with Gasteiger partial charge in [-0.15, -0.1) is 0 Å². The number of hydrogen-bond donors (Lipinski definition) is 1. The van der Waals surface area contributed by atoms with Crippen LogP contribution in [0.2, 0.25) is 0 Å². The highest BCUT2D eigenvalue weighted by atomic mass is 14.9. The van der Waals surface area contributed by atoms with Crippen molar-refractivity contribution in [2.75, 3.05) is 11.9 Å². The average molecular weight is 239 g/mol. The fourth-order valence-electron chi connectivity index (χ4n) is 2.65. The topological polar surface area (TPSA) is 37.8 Å². The van der Waals surface area contributed by atoms with Crippen molar-refractivity contribution < 1.29 is 0 Å². The Hall–Kier alpha value is -1.90. The van der Waals surface area contributed by atoms with Crippen LogP contribution in [0.5, 0.6) is 0 Å². The van der Waals surface area contributed by atoms with Gasteiger partial charge in [0.2, 0.25) is 0 Å². The monoisotopic (exact) mass is 239 g/mol. The van der Waals surface area contributed by atoms with E-state index >= 15 is 0 Å². The third-order valence-electron chi connectivity index (χ3n) is 3.48. The van der Waals surface area contributed by atoms with Gasteiger partial charge < -0.3 is 5.32 Å². The van der Waals surface area contributed by atoms with Crippen LogP contribution in [0.15, 0.2) is 36.7 Å². The van der Waals surface area contributed by atoms with Crippen LogP contribution in [0.3, 0.4) is 0 Å². The van der Waals surface area contributed by atoms with E-state index in [1.54, 1.807) is 0 Å². The standard InChI is InChI=1S/C15H17N3/c1-2-16-12-7-9-17-14(10-12)13-6-5-11-4-3-8-18-15(11)13/h3-4,7-10,13H,2,5-6H2,1H3,(H,16,17). The van der Waals surface area contributed by atoms with Gasteiger partial charge in [-0.2, -0.15) is 0 Å². The molecule has 0 radical (unpaired) electrons. The first-order valence-corrected chi connectivity index (χ1v) is 6.52. The summed E-state index contributed by atoms with van der Waals surface area (Å²) in [6, 6.07) is 8.36. The van der Waals surface area contributed by atoms with E-state index in [0.29, 0.717) is 5.92 Å². The van der Waals surface area contributed by atoms with E-state index in [0.717, 1.165) is 30.8 Å². The van der Waals surface area contributed by atoms with Gasteiger partial charge in [0, 0.05) is 30.5 Å². The highest BCUT2D eigenvalue weighted by Gasteiger charge is 2.26. The molecule has 0 aliphatic heterocycles. The molecular weight excluding hydrogens is 222 g/mol. The maximum Gasteiger partial charge on any atom is 0.0526 e. The van der Waals surface area contributed by atoms with Crippen molar-refractivity contribution >= 4 is 5.69 Å². The number of pyridine rings is 2. The summed E-state index contributed by atoms with van der Waals surface area (Å²) in [6.45, 7) is 3.04. The summed E-state index contributed by atoms with van der Waals surface area (Å²) < 4.78 is 0. The Morgan fingerprint density at radius 3 is 3.11 bits per heavy atom. The lowest BCUT2D eigenvalue weighted by Crippen LogP contribution is -2.03. The summed E-state index contributed by atoms with van der Waals surface area (Å²) in [7, 11) is 0. The summed E-state index contributed by atoms with van der Waals surface area (Å²) >= 11 is 0. The second-order valence-corrected chi connectivity index (χ2v) is 4.64. The third-order valence-corrected chi connectivity index (χ3v) is 3.48. The summed E-state index contributed by atoms with van der Waals surface area (Å²) in [6.07, 6.45) is 6.00. The molecule has 2 aromatic rings. The zero-order chi connectivity index (χ0) is 12.4. The quantitative estimate of drug-likeness (QED) is 0.894. The molecule has 0 fully saturated rings. The first-order chi connectivity index (χ1) is 8.88. The van der Waals surface area contributed by atoms with Crippen molar-refractivity contribution in [2.45, 2.75) is 25.7 Å². The molecule has 18 heavy (non-hydrogen) atoms. The molecule has 0 saturated carbocycles. The lowest BCUT2D eigenvalue weighted by atomic mass is 10.0. The Balaban J connectivity index is 1.94. The van der Waals surface area contributed by atoms with E-state index in [4.69, 9.17) is 0 Å². The average Bonchev–Trinajstić information content (AvgIpc) is 2.83. The van der Waals surface area contributed by atoms with Gasteiger partial charge in [-0.25, -0.2) is 0 Å². The van der Waals surface area contributed by atoms with Gasteiger partial charge in [-0.3, -0.25) is 9.97 Å². The number of aryl methyl sites for hydroxylation is 1. The van der Waals surface area contributed by atoms with Gasteiger partial charge in [0.25, 0.3) is 0 Å². The third kappa shape index (κ3) is 1.96. The molecule has 1 aliphatic carbocycles. The molecule has 1 atom stereocenters. The van der Waals surface area contributed by atoms with Crippen LogP contribution in [-0.4, -0.2) is 16.5 Å². The molecule has 0 saturated heterocycles. The molecule has 1 N–H and O–H groups in total. The predicted molar refractivity (Wildman–Crippen MR) is 72.8 cm³/mol. The number of nitrogens with one attached hydrogen (secondary N) is 1. The zero-order valence-corrected chi connectivity index (χ0v) is 10.6. The largest absolute Gasteiger partial charge is 0.385 e. The van der Waals surface area contributed by atoms with Crippen molar-refractivity contribution in [3.63, 3.8) is 0 Å². The van der Waals surface area contributed by atoms with Gasteiger partial charge in [-0.1, -0.05) is 6.07 Å². The van der Waals surface area contributed by atoms with Crippen LogP contribution in [0.25, 0.3) is 0 Å². The van der Waals surface area contributed by atoms with E-state index in [9.17, 15) is 0 Å². The number of hydrogen-bond acceptors (Lipinski definition) is 3. The molecule has 1 aliphatic rings. The Morgan fingerprint density at radius 2 is 2.22 bits per heavy atom. The molecule has 2 heterocycles. The van der Waals surface area contributed by atoms with Gasteiger partial charge in [-0.05, 0) is 43.5 Å². The van der Waals surface area contributed by atoms with Gasteiger partial charge in [0.15, 0.2) is 0 Å². The summed E-state index contributed by atoms with van der Waals surface area (Å²) in [5, 5.41) is 3.33. The zero-order valence-electron chi connectivity index (χ0n) is 10.6. The molecule has 1 unspecified atom stereocenters. The van der Waals surface area contributed by atoms with Crippen LogP contribution in [-0.2, 0) is 6.42 Å². The first-order valence-electron chi connectivity index (χ1n) is 6.52. The van der Waals surface area contributed by atoms with E-state index in [2.05, 4.69) is 34.3 Å². The fourth-order valence-corrected chi connectivity index (χ4v) is 2.65. The summed E-state index contributed by atoms with van der Waals surface area (Å²) in [5.74, 6) is 0.361. The molecule has 3 rings (SSSR count). The predicted octanol–water partition coefficient (Wildman–Crippen LogP) is 2.99.